The Morgan fingerprint density at radius 1 is 0.895 bits per heavy atom. The third-order valence-corrected chi connectivity index (χ3v) is 4.12. The Bertz CT molecular complexity index is 239. The lowest BCUT2D eigenvalue weighted by molar-refractivity contribution is -0.666. The minimum absolute atomic E-state index is 0.0544. The van der Waals surface area contributed by atoms with Gasteiger partial charge in [-0.2, -0.15) is 5.10 Å². The highest BCUT2D eigenvalue weighted by Gasteiger charge is 2.13. The van der Waals surface area contributed by atoms with Gasteiger partial charge in [-0.05, 0) is 25.7 Å². The van der Waals surface area contributed by atoms with Crippen molar-refractivity contribution in [2.45, 2.75) is 83.8 Å². The second-order valence-corrected chi connectivity index (χ2v) is 6.04. The number of hydrazone groups is 1. The van der Waals surface area contributed by atoms with Gasteiger partial charge in [0.15, 0.2) is 0 Å². The molecule has 0 aliphatic heterocycles. The van der Waals surface area contributed by atoms with Gasteiger partial charge in [-0.15, -0.1) is 0 Å². The zero-order chi connectivity index (χ0) is 13.9. The van der Waals surface area contributed by atoms with Crippen LogP contribution in [-0.4, -0.2) is 12.0 Å². The van der Waals surface area contributed by atoms with Gasteiger partial charge in [-0.3, -0.25) is 11.5 Å². The van der Waals surface area contributed by atoms with Crippen molar-refractivity contribution in [3.8, 4) is 0 Å². The van der Waals surface area contributed by atoms with Gasteiger partial charge >= 0.3 is 6.29 Å². The second kappa shape index (κ2) is 10.2. The van der Waals surface area contributed by atoms with Crippen LogP contribution in [0.3, 0.4) is 0 Å². The molecule has 0 atom stereocenters. The monoisotopic (exact) mass is 270 g/mol. The zero-order valence-corrected chi connectivity index (χ0v) is 12.8. The Morgan fingerprint density at radius 2 is 1.32 bits per heavy atom. The predicted octanol–water partition coefficient (Wildman–Crippen LogP) is 1.64. The van der Waals surface area contributed by atoms with E-state index < -0.39 is 0 Å². The summed E-state index contributed by atoms with van der Waals surface area (Å²) in [4.78, 5) is 0. The van der Waals surface area contributed by atoms with E-state index in [0.29, 0.717) is 5.92 Å². The molecule has 1 saturated carbocycles. The molecule has 0 bridgehead atoms. The smallest absolute Gasteiger partial charge is 0.288 e. The molecular formula is C15H34N4+2. The van der Waals surface area contributed by atoms with Crippen LogP contribution in [0.15, 0.2) is 5.10 Å². The third-order valence-electron chi connectivity index (χ3n) is 4.12. The summed E-state index contributed by atoms with van der Waals surface area (Å²) in [5, 5.41) is 4.46. The molecule has 19 heavy (non-hydrogen) atoms. The topological polar surface area (TPSA) is 79.7 Å². The molecular weight excluding hydrogens is 236 g/mol. The summed E-state index contributed by atoms with van der Waals surface area (Å²) in [7, 11) is 0. The average molecular weight is 270 g/mol. The SMILES string of the molecule is C/C(=N/NC([NH3+])[NH3+])C1CCCCCCCCCCC1. The normalized spacial score (nSPS) is 21.8. The van der Waals surface area contributed by atoms with Gasteiger partial charge in [0.1, 0.15) is 0 Å². The number of hydrogen-bond donors (Lipinski definition) is 3. The van der Waals surface area contributed by atoms with Crippen molar-refractivity contribution in [3.05, 3.63) is 0 Å². The molecule has 0 saturated heterocycles. The van der Waals surface area contributed by atoms with E-state index in [-0.39, 0.29) is 6.29 Å². The Morgan fingerprint density at radius 3 is 1.74 bits per heavy atom. The van der Waals surface area contributed by atoms with Gasteiger partial charge in [-0.1, -0.05) is 57.8 Å². The lowest BCUT2D eigenvalue weighted by Crippen LogP contribution is -2.89. The molecule has 0 aromatic rings. The van der Waals surface area contributed by atoms with Crippen LogP contribution in [0.1, 0.15) is 77.6 Å². The maximum absolute atomic E-state index is 4.46. The summed E-state index contributed by atoms with van der Waals surface area (Å²) in [5.41, 5.74) is 11.9. The van der Waals surface area contributed by atoms with Crippen LogP contribution in [0.4, 0.5) is 0 Å². The third kappa shape index (κ3) is 8.22. The van der Waals surface area contributed by atoms with Gasteiger partial charge in [0.2, 0.25) is 0 Å². The summed E-state index contributed by atoms with van der Waals surface area (Å²) >= 11 is 0. The van der Waals surface area contributed by atoms with E-state index in [2.05, 4.69) is 28.9 Å². The molecule has 4 heteroatoms. The number of quaternary nitrogens is 2. The quantitative estimate of drug-likeness (QED) is 0.407. The number of rotatable bonds is 3. The van der Waals surface area contributed by atoms with Crippen molar-refractivity contribution in [2.75, 3.05) is 0 Å². The van der Waals surface area contributed by atoms with Crippen LogP contribution < -0.4 is 16.9 Å². The zero-order valence-electron chi connectivity index (χ0n) is 12.8. The molecule has 0 aromatic carbocycles. The molecule has 0 aromatic heterocycles. The van der Waals surface area contributed by atoms with Crippen molar-refractivity contribution >= 4 is 5.71 Å². The summed E-state index contributed by atoms with van der Waals surface area (Å²) in [6, 6.07) is 0. The second-order valence-electron chi connectivity index (χ2n) is 6.04. The van der Waals surface area contributed by atoms with E-state index in [4.69, 9.17) is 0 Å². The van der Waals surface area contributed by atoms with Crippen LogP contribution >= 0.6 is 0 Å². The molecule has 0 radical (unpaired) electrons. The minimum atomic E-state index is -0.0544. The van der Waals surface area contributed by atoms with Crippen LogP contribution in [0.5, 0.6) is 0 Å². The van der Waals surface area contributed by atoms with E-state index in [9.17, 15) is 0 Å². The van der Waals surface area contributed by atoms with E-state index in [1.54, 1.807) is 0 Å². The van der Waals surface area contributed by atoms with Crippen LogP contribution in [0.25, 0.3) is 0 Å². The Balaban J connectivity index is 2.43. The fourth-order valence-electron chi connectivity index (χ4n) is 2.87. The molecule has 1 rings (SSSR count). The fourth-order valence-corrected chi connectivity index (χ4v) is 2.87. The Labute approximate surface area is 118 Å². The molecule has 7 N–H and O–H groups in total. The van der Waals surface area contributed by atoms with Crippen molar-refractivity contribution in [2.24, 2.45) is 11.0 Å². The Hall–Kier alpha value is -0.610. The van der Waals surface area contributed by atoms with Crippen molar-refractivity contribution < 1.29 is 11.5 Å². The summed E-state index contributed by atoms with van der Waals surface area (Å²) < 4.78 is 0. The lowest BCUT2D eigenvalue weighted by Gasteiger charge is -2.17. The molecule has 1 aliphatic rings. The standard InChI is InChI=1S/C15H32N4/c1-13(18-19-15(16)17)14-11-9-7-5-3-2-4-6-8-10-12-14/h14-15,19H,2-12,16-17H2,1H3/p+2/b18-13-. The van der Waals surface area contributed by atoms with Gasteiger partial charge in [0.25, 0.3) is 0 Å². The predicted molar refractivity (Wildman–Crippen MR) is 80.1 cm³/mol. The fraction of sp³-hybridized carbons (Fsp3) is 0.933. The van der Waals surface area contributed by atoms with E-state index in [1.165, 1.54) is 76.3 Å². The average Bonchev–Trinajstić information content (AvgIpc) is 2.36. The molecule has 0 amide bonds. The lowest BCUT2D eigenvalue weighted by atomic mass is 9.90. The summed E-state index contributed by atoms with van der Waals surface area (Å²) in [5.74, 6) is 0.658. The van der Waals surface area contributed by atoms with Gasteiger partial charge in [0.05, 0.1) is 0 Å². The molecule has 0 unspecified atom stereocenters. The van der Waals surface area contributed by atoms with E-state index >= 15 is 0 Å². The van der Waals surface area contributed by atoms with Crippen molar-refractivity contribution in [3.63, 3.8) is 0 Å². The molecule has 112 valence electrons. The number of hydrogen-bond acceptors (Lipinski definition) is 2. The summed E-state index contributed by atoms with van der Waals surface area (Å²) in [6.07, 6.45) is 15.2. The number of nitrogens with zero attached hydrogens (tertiary/aromatic N) is 1. The molecule has 1 aliphatic carbocycles. The van der Waals surface area contributed by atoms with Crippen LogP contribution in [0, 0.1) is 5.92 Å². The minimum Gasteiger partial charge on any atom is -0.288 e. The highest BCUT2D eigenvalue weighted by molar-refractivity contribution is 5.84. The van der Waals surface area contributed by atoms with Gasteiger partial charge in [0, 0.05) is 5.71 Å². The first-order chi connectivity index (χ1) is 9.20. The van der Waals surface area contributed by atoms with Crippen molar-refractivity contribution in [1.29, 1.82) is 0 Å². The highest BCUT2D eigenvalue weighted by atomic mass is 15.4. The molecule has 1 fully saturated rings. The Kier molecular flexibility index (Phi) is 8.84. The van der Waals surface area contributed by atoms with Gasteiger partial charge in [-0.25, -0.2) is 5.43 Å². The maximum atomic E-state index is 4.46. The van der Waals surface area contributed by atoms with Crippen molar-refractivity contribution in [1.82, 2.24) is 5.43 Å². The first-order valence-electron chi connectivity index (χ1n) is 8.16. The summed E-state index contributed by atoms with van der Waals surface area (Å²) in [6.45, 7) is 2.16. The van der Waals surface area contributed by atoms with Crippen LogP contribution in [0.2, 0.25) is 0 Å². The molecule has 4 nitrogen and oxygen atoms in total. The largest absolute Gasteiger partial charge is 0.302 e. The van der Waals surface area contributed by atoms with Gasteiger partial charge < -0.3 is 0 Å². The first kappa shape index (κ1) is 16.4. The highest BCUT2D eigenvalue weighted by Crippen LogP contribution is 2.22. The maximum Gasteiger partial charge on any atom is 0.302 e. The molecule has 0 heterocycles. The molecule has 0 spiro atoms. The van der Waals surface area contributed by atoms with E-state index in [0.717, 1.165) is 0 Å². The number of nitrogens with one attached hydrogen (secondary N) is 1. The first-order valence-corrected chi connectivity index (χ1v) is 8.16. The van der Waals surface area contributed by atoms with Crippen LogP contribution in [-0.2, 0) is 0 Å². The van der Waals surface area contributed by atoms with E-state index in [1.807, 2.05) is 0 Å².